The predicted molar refractivity (Wildman–Crippen MR) is 104 cm³/mol. The Morgan fingerprint density at radius 1 is 1.08 bits per heavy atom. The van der Waals surface area contributed by atoms with E-state index in [2.05, 4.69) is 34.3 Å². The minimum atomic E-state index is 0.0621. The highest BCUT2D eigenvalue weighted by Gasteiger charge is 2.14. The van der Waals surface area contributed by atoms with E-state index in [-0.39, 0.29) is 6.04 Å². The molecule has 0 saturated carbocycles. The minimum Gasteiger partial charge on any atom is -0.493 e. The molecule has 2 aromatic carbocycles. The molecule has 3 rings (SSSR count). The maximum absolute atomic E-state index is 5.76. The highest BCUT2D eigenvalue weighted by atomic mass is 16.5. The number of hydrogen-bond donors (Lipinski definition) is 2. The Bertz CT molecular complexity index is 927. The Balaban J connectivity index is 2.03. The number of anilines is 1. The van der Waals surface area contributed by atoms with Gasteiger partial charge in [-0.3, -0.25) is 0 Å². The van der Waals surface area contributed by atoms with Crippen molar-refractivity contribution >= 4 is 16.7 Å². The number of methoxy groups -OCH3 is 2. The number of fused-ring (bicyclic) bond motifs is 1. The van der Waals surface area contributed by atoms with Crippen LogP contribution in [0.3, 0.4) is 0 Å². The average Bonchev–Trinajstić information content (AvgIpc) is 2.66. The molecule has 0 amide bonds. The predicted octanol–water partition coefficient (Wildman–Crippen LogP) is 3.59. The van der Waals surface area contributed by atoms with Crippen LogP contribution >= 0.6 is 0 Å². The van der Waals surface area contributed by atoms with Crippen LogP contribution in [0.15, 0.2) is 36.4 Å². The molecule has 1 atom stereocenters. The lowest BCUT2D eigenvalue weighted by molar-refractivity contribution is 0.356. The molecule has 0 spiro atoms. The molecule has 1 aromatic heterocycles. The largest absolute Gasteiger partial charge is 0.493 e. The van der Waals surface area contributed by atoms with Gasteiger partial charge >= 0.3 is 0 Å². The Morgan fingerprint density at radius 3 is 2.50 bits per heavy atom. The normalized spacial score (nSPS) is 12.0. The van der Waals surface area contributed by atoms with Gasteiger partial charge in [0.1, 0.15) is 11.6 Å². The van der Waals surface area contributed by atoms with Crippen molar-refractivity contribution in [3.8, 4) is 11.5 Å². The Morgan fingerprint density at radius 2 is 1.81 bits per heavy atom. The molecule has 3 aromatic rings. The summed E-state index contributed by atoms with van der Waals surface area (Å²) in [5.74, 6) is 2.75. The summed E-state index contributed by atoms with van der Waals surface area (Å²) in [4.78, 5) is 9.12. The van der Waals surface area contributed by atoms with Crippen molar-refractivity contribution in [1.82, 2.24) is 9.97 Å². The first kappa shape index (κ1) is 17.9. The van der Waals surface area contributed by atoms with Crippen LogP contribution in [-0.4, -0.2) is 24.2 Å². The fraction of sp³-hybridized carbons (Fsp3) is 0.300. The molecule has 6 nitrogen and oxygen atoms in total. The summed E-state index contributed by atoms with van der Waals surface area (Å²) in [7, 11) is 3.23. The number of nitrogens with one attached hydrogen (secondary N) is 1. The van der Waals surface area contributed by atoms with Gasteiger partial charge < -0.3 is 20.5 Å². The first-order valence-corrected chi connectivity index (χ1v) is 8.51. The van der Waals surface area contributed by atoms with Crippen molar-refractivity contribution in [2.75, 3.05) is 19.5 Å². The number of nitrogens with two attached hydrogens (primary N) is 1. The van der Waals surface area contributed by atoms with Crippen molar-refractivity contribution in [3.05, 3.63) is 53.3 Å². The van der Waals surface area contributed by atoms with Crippen molar-refractivity contribution in [1.29, 1.82) is 0 Å². The second-order valence-corrected chi connectivity index (χ2v) is 6.16. The molecule has 136 valence electrons. The molecule has 26 heavy (non-hydrogen) atoms. The first-order valence-electron chi connectivity index (χ1n) is 8.51. The van der Waals surface area contributed by atoms with Gasteiger partial charge in [-0.1, -0.05) is 24.3 Å². The lowest BCUT2D eigenvalue weighted by Crippen LogP contribution is -2.10. The summed E-state index contributed by atoms with van der Waals surface area (Å²) in [6.45, 7) is 4.49. The molecule has 0 radical (unpaired) electrons. The van der Waals surface area contributed by atoms with Crippen molar-refractivity contribution in [3.63, 3.8) is 0 Å². The molecular weight excluding hydrogens is 328 g/mol. The van der Waals surface area contributed by atoms with Crippen LogP contribution in [0.5, 0.6) is 11.5 Å². The molecule has 0 aliphatic rings. The van der Waals surface area contributed by atoms with Crippen LogP contribution in [-0.2, 0) is 6.54 Å². The Hall–Kier alpha value is -2.86. The third kappa shape index (κ3) is 3.55. The van der Waals surface area contributed by atoms with E-state index in [1.54, 1.807) is 14.2 Å². The van der Waals surface area contributed by atoms with Crippen molar-refractivity contribution in [2.45, 2.75) is 26.4 Å². The smallest absolute Gasteiger partial charge is 0.162 e. The fourth-order valence-electron chi connectivity index (χ4n) is 2.96. The van der Waals surface area contributed by atoms with E-state index in [1.165, 1.54) is 0 Å². The molecule has 0 fully saturated rings. The maximum Gasteiger partial charge on any atom is 0.162 e. The molecular formula is C20H24N4O2. The zero-order valence-electron chi connectivity index (χ0n) is 15.5. The molecule has 0 aliphatic heterocycles. The first-order chi connectivity index (χ1) is 12.5. The van der Waals surface area contributed by atoms with E-state index >= 15 is 0 Å². The number of benzene rings is 2. The van der Waals surface area contributed by atoms with E-state index in [0.717, 1.165) is 27.8 Å². The minimum absolute atomic E-state index is 0.0621. The molecule has 0 saturated heterocycles. The van der Waals surface area contributed by atoms with Crippen LogP contribution in [0.4, 0.5) is 5.82 Å². The van der Waals surface area contributed by atoms with Crippen LogP contribution < -0.4 is 20.5 Å². The standard InChI is InChI=1S/C20H24N4O2/c1-12(15-7-5-6-14(8-15)11-21)22-20-16-9-18(25-3)19(26-4)10-17(16)23-13(2)24-20/h5-10,12H,11,21H2,1-4H3,(H,22,23,24). The second-order valence-electron chi connectivity index (χ2n) is 6.16. The van der Waals surface area contributed by atoms with E-state index in [4.69, 9.17) is 15.2 Å². The van der Waals surface area contributed by atoms with Gasteiger partial charge in [-0.05, 0) is 31.0 Å². The van der Waals surface area contributed by atoms with Crippen molar-refractivity contribution in [2.24, 2.45) is 5.73 Å². The summed E-state index contributed by atoms with van der Waals surface area (Å²) in [6, 6.07) is 12.1. The summed E-state index contributed by atoms with van der Waals surface area (Å²) in [5, 5.41) is 4.38. The van der Waals surface area contributed by atoms with Crippen LogP contribution in [0.2, 0.25) is 0 Å². The van der Waals surface area contributed by atoms with Crippen molar-refractivity contribution < 1.29 is 9.47 Å². The summed E-state index contributed by atoms with van der Waals surface area (Å²) in [6.07, 6.45) is 0. The third-order valence-corrected chi connectivity index (χ3v) is 4.35. The zero-order chi connectivity index (χ0) is 18.7. The average molecular weight is 352 g/mol. The second kappa shape index (κ2) is 7.58. The maximum atomic E-state index is 5.76. The Kier molecular flexibility index (Phi) is 5.23. The lowest BCUT2D eigenvalue weighted by Gasteiger charge is -2.18. The van der Waals surface area contributed by atoms with E-state index in [0.29, 0.717) is 23.9 Å². The van der Waals surface area contributed by atoms with Gasteiger partial charge in [0.25, 0.3) is 0 Å². The molecule has 6 heteroatoms. The number of rotatable bonds is 6. The van der Waals surface area contributed by atoms with Gasteiger partial charge in [-0.15, -0.1) is 0 Å². The number of aromatic nitrogens is 2. The zero-order valence-corrected chi connectivity index (χ0v) is 15.5. The van der Waals surface area contributed by atoms with Crippen LogP contribution in [0.1, 0.15) is 29.9 Å². The summed E-state index contributed by atoms with van der Waals surface area (Å²) < 4.78 is 10.8. The monoisotopic (exact) mass is 352 g/mol. The van der Waals surface area contributed by atoms with E-state index < -0.39 is 0 Å². The summed E-state index contributed by atoms with van der Waals surface area (Å²) >= 11 is 0. The van der Waals surface area contributed by atoms with Gasteiger partial charge in [0.15, 0.2) is 11.5 Å². The SMILES string of the molecule is COc1cc2nc(C)nc(NC(C)c3cccc(CN)c3)c2cc1OC. The number of hydrogen-bond acceptors (Lipinski definition) is 6. The third-order valence-electron chi connectivity index (χ3n) is 4.35. The van der Waals surface area contributed by atoms with E-state index in [1.807, 2.05) is 31.2 Å². The highest BCUT2D eigenvalue weighted by molar-refractivity contribution is 5.92. The summed E-state index contributed by atoms with van der Waals surface area (Å²) in [5.41, 5.74) is 8.82. The molecule has 3 N–H and O–H groups in total. The number of ether oxygens (including phenoxy) is 2. The molecule has 1 unspecified atom stereocenters. The van der Waals surface area contributed by atoms with Crippen LogP contribution in [0.25, 0.3) is 10.9 Å². The molecule has 1 heterocycles. The van der Waals surface area contributed by atoms with Gasteiger partial charge in [0, 0.05) is 24.0 Å². The highest BCUT2D eigenvalue weighted by Crippen LogP contribution is 2.35. The van der Waals surface area contributed by atoms with Crippen LogP contribution in [0, 0.1) is 6.92 Å². The van der Waals surface area contributed by atoms with Gasteiger partial charge in [-0.2, -0.15) is 0 Å². The van der Waals surface area contributed by atoms with Gasteiger partial charge in [-0.25, -0.2) is 9.97 Å². The number of nitrogens with zero attached hydrogens (tertiary/aromatic N) is 2. The van der Waals surface area contributed by atoms with Gasteiger partial charge in [0.2, 0.25) is 0 Å². The van der Waals surface area contributed by atoms with E-state index in [9.17, 15) is 0 Å². The Labute approximate surface area is 153 Å². The topological polar surface area (TPSA) is 82.3 Å². The van der Waals surface area contributed by atoms with Gasteiger partial charge in [0.05, 0.1) is 19.7 Å². The quantitative estimate of drug-likeness (QED) is 0.705. The molecule has 0 aliphatic carbocycles. The lowest BCUT2D eigenvalue weighted by atomic mass is 10.0. The fourth-order valence-corrected chi connectivity index (χ4v) is 2.96. The molecule has 0 bridgehead atoms. The number of aryl methyl sites for hydroxylation is 1.